The molecule has 1 aromatic heterocycles. The number of hydrogen-bond acceptors (Lipinski definition) is 5. The van der Waals surface area contributed by atoms with Crippen molar-refractivity contribution in [1.29, 1.82) is 0 Å². The van der Waals surface area contributed by atoms with Crippen LogP contribution >= 0.6 is 0 Å². The minimum atomic E-state index is 0.530. The van der Waals surface area contributed by atoms with Crippen LogP contribution in [0.25, 0.3) is 10.9 Å². The molecule has 0 atom stereocenters. The average molecular weight is 272 g/mol. The number of fused-ring (bicyclic) bond motifs is 1. The standard InChI is InChI=1S/C15H18N3O2/c1-2-20-15-11-14(17-18-7-9-19-10-8-18)12-5-3-4-6-13(12)16-15/h3-6H,2,7-10H2,1H3,(H,16,17). The average Bonchev–Trinajstić information content (AvgIpc) is 2.49. The van der Waals surface area contributed by atoms with Crippen molar-refractivity contribution in [1.82, 2.24) is 9.99 Å². The number of rotatable bonds is 4. The van der Waals surface area contributed by atoms with E-state index in [1.54, 1.807) is 0 Å². The Hall–Kier alpha value is -1.85. The zero-order valence-electron chi connectivity index (χ0n) is 11.6. The van der Waals surface area contributed by atoms with E-state index in [1.165, 1.54) is 0 Å². The van der Waals surface area contributed by atoms with E-state index >= 15 is 0 Å². The molecule has 0 aliphatic carbocycles. The van der Waals surface area contributed by atoms with E-state index < -0.39 is 0 Å². The van der Waals surface area contributed by atoms with Gasteiger partial charge in [0.15, 0.2) is 0 Å². The van der Waals surface area contributed by atoms with Crippen LogP contribution in [0.3, 0.4) is 0 Å². The third kappa shape index (κ3) is 2.84. The first-order valence-electron chi connectivity index (χ1n) is 6.91. The number of morpholine rings is 1. The summed E-state index contributed by atoms with van der Waals surface area (Å²) in [6.45, 7) is 5.73. The molecule has 5 nitrogen and oxygen atoms in total. The van der Waals surface area contributed by atoms with Crippen molar-refractivity contribution in [3.8, 4) is 5.88 Å². The van der Waals surface area contributed by atoms with Gasteiger partial charge >= 0.3 is 0 Å². The third-order valence-electron chi connectivity index (χ3n) is 3.19. The maximum absolute atomic E-state index is 5.49. The Morgan fingerprint density at radius 1 is 1.35 bits per heavy atom. The second-order valence-electron chi connectivity index (χ2n) is 4.58. The molecule has 1 N–H and O–H groups in total. The summed E-state index contributed by atoms with van der Waals surface area (Å²) in [7, 11) is 0. The van der Waals surface area contributed by atoms with E-state index in [2.05, 4.69) is 21.5 Å². The molecule has 0 bridgehead atoms. The van der Waals surface area contributed by atoms with E-state index in [4.69, 9.17) is 9.47 Å². The van der Waals surface area contributed by atoms with E-state index in [0.29, 0.717) is 12.5 Å². The van der Waals surface area contributed by atoms with Gasteiger partial charge in [-0.15, -0.1) is 0 Å². The SMILES string of the molecule is CCOc1[c]c(NN2CCOCC2)c2ccccc2n1. The number of pyridine rings is 1. The first-order chi connectivity index (χ1) is 9.86. The third-order valence-corrected chi connectivity index (χ3v) is 3.19. The van der Waals surface area contributed by atoms with Crippen LogP contribution in [0, 0.1) is 6.07 Å². The van der Waals surface area contributed by atoms with Crippen LogP contribution in [0.4, 0.5) is 5.69 Å². The number of anilines is 1. The van der Waals surface area contributed by atoms with E-state index in [9.17, 15) is 0 Å². The zero-order chi connectivity index (χ0) is 13.8. The first kappa shape index (κ1) is 13.1. The molecule has 2 aromatic rings. The highest BCUT2D eigenvalue weighted by atomic mass is 16.5. The Balaban J connectivity index is 1.93. The maximum atomic E-state index is 5.49. The van der Waals surface area contributed by atoms with Crippen molar-refractivity contribution in [2.24, 2.45) is 0 Å². The highest BCUT2D eigenvalue weighted by Gasteiger charge is 2.13. The quantitative estimate of drug-likeness (QED) is 0.923. The minimum Gasteiger partial charge on any atom is -0.477 e. The normalized spacial score (nSPS) is 16.2. The van der Waals surface area contributed by atoms with E-state index in [1.807, 2.05) is 31.2 Å². The number of nitrogens with zero attached hydrogens (tertiary/aromatic N) is 2. The Kier molecular flexibility index (Phi) is 3.99. The summed E-state index contributed by atoms with van der Waals surface area (Å²) in [5, 5.41) is 3.18. The van der Waals surface area contributed by atoms with Crippen molar-refractivity contribution in [3.05, 3.63) is 30.3 Å². The maximum Gasteiger partial charge on any atom is 0.224 e. The molecule has 5 heteroatoms. The van der Waals surface area contributed by atoms with Gasteiger partial charge < -0.3 is 14.9 Å². The summed E-state index contributed by atoms with van der Waals surface area (Å²) in [6, 6.07) is 11.2. The summed E-state index contributed by atoms with van der Waals surface area (Å²) in [6.07, 6.45) is 0. The van der Waals surface area contributed by atoms with Gasteiger partial charge in [0.05, 0.1) is 37.1 Å². The molecular weight excluding hydrogens is 254 g/mol. The fourth-order valence-corrected chi connectivity index (χ4v) is 2.22. The molecule has 1 radical (unpaired) electrons. The number of hydrogen-bond donors (Lipinski definition) is 1. The second-order valence-corrected chi connectivity index (χ2v) is 4.58. The lowest BCUT2D eigenvalue weighted by atomic mass is 10.2. The van der Waals surface area contributed by atoms with Crippen LogP contribution in [-0.4, -0.2) is 42.9 Å². The summed E-state index contributed by atoms with van der Waals surface area (Å²) in [5.41, 5.74) is 5.21. The summed E-state index contributed by atoms with van der Waals surface area (Å²) in [5.74, 6) is 0.530. The number of aromatic nitrogens is 1. The topological polar surface area (TPSA) is 46.6 Å². The molecule has 0 amide bonds. The molecule has 1 fully saturated rings. The van der Waals surface area contributed by atoms with Crippen molar-refractivity contribution >= 4 is 16.6 Å². The van der Waals surface area contributed by atoms with Crippen LogP contribution < -0.4 is 10.2 Å². The van der Waals surface area contributed by atoms with Crippen LogP contribution in [0.2, 0.25) is 0 Å². The molecule has 2 heterocycles. The Morgan fingerprint density at radius 3 is 2.95 bits per heavy atom. The highest BCUT2D eigenvalue weighted by molar-refractivity contribution is 5.91. The van der Waals surface area contributed by atoms with Gasteiger partial charge in [-0.2, -0.15) is 0 Å². The van der Waals surface area contributed by atoms with Crippen LogP contribution in [0.1, 0.15) is 6.92 Å². The number of hydrazine groups is 1. The lowest BCUT2D eigenvalue weighted by molar-refractivity contribution is 0.0497. The fraction of sp³-hybridized carbons (Fsp3) is 0.400. The smallest absolute Gasteiger partial charge is 0.224 e. The molecule has 1 aliphatic heterocycles. The minimum absolute atomic E-state index is 0.530. The van der Waals surface area contributed by atoms with E-state index in [0.717, 1.165) is 42.9 Å². The largest absolute Gasteiger partial charge is 0.477 e. The molecule has 1 saturated heterocycles. The van der Waals surface area contributed by atoms with Crippen LogP contribution in [-0.2, 0) is 4.74 Å². The molecule has 0 spiro atoms. The lowest BCUT2D eigenvalue weighted by Gasteiger charge is -2.28. The van der Waals surface area contributed by atoms with Crippen LogP contribution in [0.5, 0.6) is 5.88 Å². The van der Waals surface area contributed by atoms with Gasteiger partial charge in [0.1, 0.15) is 0 Å². The molecule has 1 aromatic carbocycles. The molecule has 20 heavy (non-hydrogen) atoms. The summed E-state index contributed by atoms with van der Waals surface area (Å²) >= 11 is 0. The lowest BCUT2D eigenvalue weighted by Crippen LogP contribution is -2.40. The molecule has 3 rings (SSSR count). The van der Waals surface area contributed by atoms with Crippen molar-refractivity contribution < 1.29 is 9.47 Å². The van der Waals surface area contributed by atoms with E-state index in [-0.39, 0.29) is 0 Å². The monoisotopic (exact) mass is 272 g/mol. The molecule has 1 aliphatic rings. The Morgan fingerprint density at radius 2 is 2.15 bits per heavy atom. The number of ether oxygens (including phenoxy) is 2. The van der Waals surface area contributed by atoms with Gasteiger partial charge in [0.25, 0.3) is 0 Å². The van der Waals surface area contributed by atoms with Gasteiger partial charge in [-0.1, -0.05) is 18.2 Å². The summed E-state index contributed by atoms with van der Waals surface area (Å²) in [4.78, 5) is 4.46. The van der Waals surface area contributed by atoms with Crippen molar-refractivity contribution in [2.45, 2.75) is 6.92 Å². The molecule has 0 unspecified atom stereocenters. The predicted octanol–water partition coefficient (Wildman–Crippen LogP) is 2.09. The Bertz CT molecular complexity index is 582. The number of para-hydroxylation sites is 1. The van der Waals surface area contributed by atoms with Crippen LogP contribution in [0.15, 0.2) is 24.3 Å². The molecule has 105 valence electrons. The molecular formula is C15H18N3O2. The van der Waals surface area contributed by atoms with Gasteiger partial charge in [-0.3, -0.25) is 0 Å². The number of nitrogens with one attached hydrogen (secondary N) is 1. The summed E-state index contributed by atoms with van der Waals surface area (Å²) < 4.78 is 10.9. The second kappa shape index (κ2) is 6.07. The van der Waals surface area contributed by atoms with Crippen molar-refractivity contribution in [2.75, 3.05) is 38.3 Å². The number of benzene rings is 1. The fourth-order valence-electron chi connectivity index (χ4n) is 2.22. The highest BCUT2D eigenvalue weighted by Crippen LogP contribution is 2.26. The van der Waals surface area contributed by atoms with Gasteiger partial charge in [0.2, 0.25) is 5.88 Å². The molecule has 0 saturated carbocycles. The van der Waals surface area contributed by atoms with Gasteiger partial charge in [-0.05, 0) is 13.0 Å². The Labute approximate surface area is 118 Å². The zero-order valence-corrected chi connectivity index (χ0v) is 11.6. The van der Waals surface area contributed by atoms with Gasteiger partial charge in [0, 0.05) is 18.5 Å². The first-order valence-corrected chi connectivity index (χ1v) is 6.91. The van der Waals surface area contributed by atoms with Crippen molar-refractivity contribution in [3.63, 3.8) is 0 Å². The van der Waals surface area contributed by atoms with Gasteiger partial charge in [-0.25, -0.2) is 9.99 Å². The predicted molar refractivity (Wildman–Crippen MR) is 77.8 cm³/mol.